The van der Waals surface area contributed by atoms with Gasteiger partial charge in [-0.25, -0.2) is 0 Å². The summed E-state index contributed by atoms with van der Waals surface area (Å²) < 4.78 is 0. The molecular weight excluding hydrogens is 148 g/mol. The first kappa shape index (κ1) is 9.54. The van der Waals surface area contributed by atoms with Gasteiger partial charge in [-0.2, -0.15) is 5.26 Å². The number of piperidine rings is 1. The van der Waals surface area contributed by atoms with Crippen LogP contribution in [0.4, 0.5) is 0 Å². The number of nitriles is 1. The Balaban J connectivity index is 2.36. The van der Waals surface area contributed by atoms with Crippen molar-refractivity contribution in [3.05, 3.63) is 0 Å². The summed E-state index contributed by atoms with van der Waals surface area (Å²) in [5.74, 6) is 0.631. The molecule has 12 heavy (non-hydrogen) atoms. The van der Waals surface area contributed by atoms with Gasteiger partial charge < -0.3 is 4.90 Å². The zero-order valence-corrected chi connectivity index (χ0v) is 8.08. The highest BCUT2D eigenvalue weighted by Gasteiger charge is 2.20. The first-order valence-electron chi connectivity index (χ1n) is 4.85. The van der Waals surface area contributed by atoms with Gasteiger partial charge >= 0.3 is 0 Å². The van der Waals surface area contributed by atoms with Crippen LogP contribution < -0.4 is 0 Å². The molecule has 2 nitrogen and oxygen atoms in total. The molecule has 1 aliphatic heterocycles. The Labute approximate surface area is 75.2 Å². The quantitative estimate of drug-likeness (QED) is 0.627. The molecule has 0 saturated carbocycles. The van der Waals surface area contributed by atoms with Crippen molar-refractivity contribution in [3.8, 4) is 6.07 Å². The van der Waals surface area contributed by atoms with Crippen molar-refractivity contribution in [1.29, 1.82) is 5.26 Å². The van der Waals surface area contributed by atoms with Crippen LogP contribution in [0.3, 0.4) is 0 Å². The van der Waals surface area contributed by atoms with Crippen LogP contribution in [0.1, 0.15) is 33.1 Å². The highest BCUT2D eigenvalue weighted by molar-refractivity contribution is 4.82. The van der Waals surface area contributed by atoms with Gasteiger partial charge in [-0.1, -0.05) is 0 Å². The second kappa shape index (κ2) is 4.47. The predicted molar refractivity (Wildman–Crippen MR) is 49.7 cm³/mol. The topological polar surface area (TPSA) is 27.0 Å². The van der Waals surface area contributed by atoms with Crippen molar-refractivity contribution in [2.24, 2.45) is 5.92 Å². The molecule has 0 N–H and O–H groups in total. The lowest BCUT2D eigenvalue weighted by molar-refractivity contribution is 0.141. The van der Waals surface area contributed by atoms with Gasteiger partial charge in [0.1, 0.15) is 0 Å². The van der Waals surface area contributed by atoms with Gasteiger partial charge in [0.05, 0.1) is 6.07 Å². The monoisotopic (exact) mass is 166 g/mol. The van der Waals surface area contributed by atoms with E-state index in [0.29, 0.717) is 12.0 Å². The van der Waals surface area contributed by atoms with Crippen molar-refractivity contribution in [2.45, 2.75) is 39.2 Å². The van der Waals surface area contributed by atoms with Gasteiger partial charge in [-0.3, -0.25) is 0 Å². The van der Waals surface area contributed by atoms with E-state index < -0.39 is 0 Å². The van der Waals surface area contributed by atoms with Crippen molar-refractivity contribution in [1.82, 2.24) is 4.90 Å². The molecule has 0 amide bonds. The fraction of sp³-hybridized carbons (Fsp3) is 0.900. The lowest BCUT2D eigenvalue weighted by Gasteiger charge is -2.34. The number of hydrogen-bond acceptors (Lipinski definition) is 2. The second-order valence-corrected chi connectivity index (χ2v) is 3.96. The van der Waals surface area contributed by atoms with Crippen LogP contribution in [0, 0.1) is 17.2 Å². The Bertz CT molecular complexity index is 169. The summed E-state index contributed by atoms with van der Waals surface area (Å²) in [6.45, 7) is 6.81. The minimum atomic E-state index is 0.631. The largest absolute Gasteiger partial charge is 0.301 e. The fourth-order valence-electron chi connectivity index (χ4n) is 1.86. The summed E-state index contributed by atoms with van der Waals surface area (Å²) in [5.41, 5.74) is 0. The summed E-state index contributed by atoms with van der Waals surface area (Å²) in [5, 5.41) is 8.57. The van der Waals surface area contributed by atoms with Crippen LogP contribution in [0.2, 0.25) is 0 Å². The van der Waals surface area contributed by atoms with Crippen LogP contribution in [-0.2, 0) is 0 Å². The maximum atomic E-state index is 8.57. The van der Waals surface area contributed by atoms with E-state index in [-0.39, 0.29) is 0 Å². The molecule has 0 aromatic carbocycles. The Hall–Kier alpha value is -0.550. The normalized spacial score (nSPS) is 25.7. The highest BCUT2D eigenvalue weighted by atomic mass is 15.1. The van der Waals surface area contributed by atoms with Crippen molar-refractivity contribution < 1.29 is 0 Å². The Kier molecular flexibility index (Phi) is 3.55. The molecule has 1 saturated heterocycles. The van der Waals surface area contributed by atoms with Crippen LogP contribution in [-0.4, -0.2) is 24.0 Å². The van der Waals surface area contributed by atoms with Gasteiger partial charge in [0.15, 0.2) is 0 Å². The smallest absolute Gasteiger partial charge is 0.0625 e. The number of rotatable bonds is 2. The minimum Gasteiger partial charge on any atom is -0.301 e. The van der Waals surface area contributed by atoms with E-state index in [2.05, 4.69) is 24.8 Å². The van der Waals surface area contributed by atoms with E-state index in [1.165, 1.54) is 19.4 Å². The molecular formula is C10H18N2. The summed E-state index contributed by atoms with van der Waals surface area (Å²) in [7, 11) is 0. The van der Waals surface area contributed by atoms with Gasteiger partial charge in [0.2, 0.25) is 0 Å². The molecule has 0 bridgehead atoms. The molecule has 2 heteroatoms. The molecule has 0 radical (unpaired) electrons. The van der Waals surface area contributed by atoms with Crippen molar-refractivity contribution in [2.75, 3.05) is 13.1 Å². The molecule has 1 aliphatic rings. The molecule has 0 aromatic heterocycles. The number of likely N-dealkylation sites (tertiary alicyclic amines) is 1. The molecule has 1 rings (SSSR count). The standard InChI is InChI=1S/C10H18N2/c1-9(2)12-7-3-4-10(8-12)5-6-11/h9-10H,3-5,7-8H2,1-2H3/t10-/m1/s1. The third-order valence-electron chi connectivity index (χ3n) is 2.66. The van der Waals surface area contributed by atoms with Crippen LogP contribution in [0.25, 0.3) is 0 Å². The van der Waals surface area contributed by atoms with Crippen LogP contribution in [0.5, 0.6) is 0 Å². The SMILES string of the molecule is CC(C)N1CCC[C@H](CC#N)C1. The molecule has 0 unspecified atom stereocenters. The average Bonchev–Trinajstić information content (AvgIpc) is 2.05. The highest BCUT2D eigenvalue weighted by Crippen LogP contribution is 2.20. The lowest BCUT2D eigenvalue weighted by atomic mass is 9.95. The number of hydrogen-bond donors (Lipinski definition) is 0. The zero-order valence-electron chi connectivity index (χ0n) is 8.08. The van der Waals surface area contributed by atoms with E-state index in [1.54, 1.807) is 0 Å². The summed E-state index contributed by atoms with van der Waals surface area (Å²) in [6, 6.07) is 2.92. The van der Waals surface area contributed by atoms with Gasteiger partial charge in [-0.05, 0) is 39.2 Å². The Morgan fingerprint density at radius 2 is 2.33 bits per heavy atom. The maximum absolute atomic E-state index is 8.57. The van der Waals surface area contributed by atoms with Gasteiger partial charge in [0, 0.05) is 19.0 Å². The molecule has 68 valence electrons. The third-order valence-corrected chi connectivity index (χ3v) is 2.66. The van der Waals surface area contributed by atoms with Gasteiger partial charge in [0.25, 0.3) is 0 Å². The minimum absolute atomic E-state index is 0.631. The first-order chi connectivity index (χ1) is 5.74. The predicted octanol–water partition coefficient (Wildman–Crippen LogP) is 2.02. The summed E-state index contributed by atoms with van der Waals surface area (Å²) in [6.07, 6.45) is 3.25. The van der Waals surface area contributed by atoms with E-state index in [1.807, 2.05) is 0 Å². The number of nitrogens with zero attached hydrogens (tertiary/aromatic N) is 2. The van der Waals surface area contributed by atoms with E-state index in [4.69, 9.17) is 5.26 Å². The Morgan fingerprint density at radius 1 is 1.58 bits per heavy atom. The molecule has 1 atom stereocenters. The molecule has 0 spiro atoms. The zero-order chi connectivity index (χ0) is 8.97. The Morgan fingerprint density at radius 3 is 2.92 bits per heavy atom. The second-order valence-electron chi connectivity index (χ2n) is 3.96. The molecule has 0 aliphatic carbocycles. The van der Waals surface area contributed by atoms with E-state index >= 15 is 0 Å². The first-order valence-corrected chi connectivity index (χ1v) is 4.85. The summed E-state index contributed by atoms with van der Waals surface area (Å²) in [4.78, 5) is 2.48. The fourth-order valence-corrected chi connectivity index (χ4v) is 1.86. The lowest BCUT2D eigenvalue weighted by Crippen LogP contribution is -2.39. The van der Waals surface area contributed by atoms with E-state index in [0.717, 1.165) is 13.0 Å². The van der Waals surface area contributed by atoms with Crippen LogP contribution in [0.15, 0.2) is 0 Å². The van der Waals surface area contributed by atoms with E-state index in [9.17, 15) is 0 Å². The molecule has 1 heterocycles. The van der Waals surface area contributed by atoms with Crippen molar-refractivity contribution >= 4 is 0 Å². The van der Waals surface area contributed by atoms with Crippen LogP contribution >= 0.6 is 0 Å². The molecule has 1 fully saturated rings. The average molecular weight is 166 g/mol. The van der Waals surface area contributed by atoms with Crippen molar-refractivity contribution in [3.63, 3.8) is 0 Å². The molecule has 0 aromatic rings. The maximum Gasteiger partial charge on any atom is 0.0625 e. The summed E-state index contributed by atoms with van der Waals surface area (Å²) >= 11 is 0. The third kappa shape index (κ3) is 2.49. The van der Waals surface area contributed by atoms with Gasteiger partial charge in [-0.15, -0.1) is 0 Å².